The van der Waals surface area contributed by atoms with E-state index in [-0.39, 0.29) is 17.2 Å². The fourth-order valence-corrected chi connectivity index (χ4v) is 6.24. The summed E-state index contributed by atoms with van der Waals surface area (Å²) in [5.41, 5.74) is 4.84. The molecule has 41 heavy (non-hydrogen) atoms. The molecule has 1 aliphatic rings. The van der Waals surface area contributed by atoms with Gasteiger partial charge in [-0.2, -0.15) is 4.39 Å². The van der Waals surface area contributed by atoms with Crippen molar-refractivity contribution in [1.82, 2.24) is 19.1 Å². The number of imidazole rings is 1. The molecule has 214 valence electrons. The number of fused-ring (bicyclic) bond motifs is 3. The van der Waals surface area contributed by atoms with Crippen LogP contribution in [0.5, 0.6) is 5.75 Å². The van der Waals surface area contributed by atoms with Gasteiger partial charge in [-0.3, -0.25) is 4.98 Å². The highest BCUT2D eigenvalue weighted by Crippen LogP contribution is 2.43. The minimum atomic E-state index is -1.11. The van der Waals surface area contributed by atoms with Crippen LogP contribution in [0.3, 0.4) is 0 Å². The van der Waals surface area contributed by atoms with Gasteiger partial charge in [-0.15, -0.1) is 0 Å². The van der Waals surface area contributed by atoms with Gasteiger partial charge in [0.2, 0.25) is 5.82 Å². The molecule has 1 N–H and O–H groups in total. The molecule has 5 aromatic rings. The monoisotopic (exact) mass is 560 g/mol. The number of nitrogens with zero attached hydrogens (tertiary/aromatic N) is 4. The minimum Gasteiger partial charge on any atom is -0.494 e. The van der Waals surface area contributed by atoms with Gasteiger partial charge in [-0.1, -0.05) is 18.2 Å². The first-order valence-corrected chi connectivity index (χ1v) is 13.8. The second kappa shape index (κ2) is 10.2. The van der Waals surface area contributed by atoms with Gasteiger partial charge in [0.15, 0.2) is 11.6 Å². The van der Waals surface area contributed by atoms with E-state index in [4.69, 9.17) is 14.5 Å². The molecule has 7 nitrogen and oxygen atoms in total. The Morgan fingerprint density at radius 3 is 2.46 bits per heavy atom. The summed E-state index contributed by atoms with van der Waals surface area (Å²) in [7, 11) is 3.26. The number of aliphatic hydroxyl groups is 1. The largest absolute Gasteiger partial charge is 0.494 e. The van der Waals surface area contributed by atoms with Gasteiger partial charge in [0.1, 0.15) is 0 Å². The van der Waals surface area contributed by atoms with E-state index in [1.807, 2.05) is 42.9 Å². The zero-order valence-electron chi connectivity index (χ0n) is 23.9. The molecule has 4 heterocycles. The van der Waals surface area contributed by atoms with Gasteiger partial charge >= 0.3 is 0 Å². The topological polar surface area (TPSA) is 74.3 Å². The second-order valence-electron chi connectivity index (χ2n) is 11.4. The standard InChI is InChI=1S/C32H34F2N4O3/c1-18-30(37(4)17-36-18)20-14-25-29(35-16-20)22-7-6-21(32(2,3)39)15-24(22)38(25)31(19-10-12-41-13-11-19)23-8-9-26(40-5)28(34)27(23)33/h6-9,14-17,19,31,39H,10-13H2,1-5H3. The van der Waals surface area contributed by atoms with E-state index in [1.54, 1.807) is 26.2 Å². The molecule has 9 heteroatoms. The predicted molar refractivity (Wildman–Crippen MR) is 154 cm³/mol. The number of benzene rings is 2. The Morgan fingerprint density at radius 2 is 1.80 bits per heavy atom. The number of aryl methyl sites for hydroxylation is 2. The van der Waals surface area contributed by atoms with Gasteiger partial charge in [-0.25, -0.2) is 9.37 Å². The molecular formula is C32H34F2N4O3. The fourth-order valence-electron chi connectivity index (χ4n) is 6.24. The number of aromatic nitrogens is 4. The van der Waals surface area contributed by atoms with Crippen molar-refractivity contribution in [1.29, 1.82) is 0 Å². The molecule has 0 saturated carbocycles. The SMILES string of the molecule is COc1ccc(C(C2CCOCC2)n2c3cc(C(C)(C)O)ccc3c3ncc(-c4c(C)ncn4C)cc32)c(F)c1F. The molecule has 1 aliphatic heterocycles. The van der Waals surface area contributed by atoms with Crippen LogP contribution in [0.1, 0.15) is 49.6 Å². The third kappa shape index (κ3) is 4.57. The van der Waals surface area contributed by atoms with Crippen LogP contribution in [0.15, 0.2) is 48.9 Å². The quantitative estimate of drug-likeness (QED) is 0.259. The van der Waals surface area contributed by atoms with Crippen molar-refractivity contribution in [3.63, 3.8) is 0 Å². The van der Waals surface area contributed by atoms with Gasteiger partial charge in [-0.05, 0) is 63.3 Å². The zero-order valence-corrected chi connectivity index (χ0v) is 23.9. The van der Waals surface area contributed by atoms with Crippen molar-refractivity contribution < 1.29 is 23.4 Å². The van der Waals surface area contributed by atoms with Crippen LogP contribution in [0.4, 0.5) is 8.78 Å². The first-order chi connectivity index (χ1) is 19.6. The highest BCUT2D eigenvalue weighted by molar-refractivity contribution is 6.07. The Morgan fingerprint density at radius 1 is 1.05 bits per heavy atom. The summed E-state index contributed by atoms with van der Waals surface area (Å²) in [4.78, 5) is 9.37. The highest BCUT2D eigenvalue weighted by Gasteiger charge is 2.34. The van der Waals surface area contributed by atoms with E-state index in [0.717, 1.165) is 38.9 Å². The van der Waals surface area contributed by atoms with Crippen LogP contribution in [-0.4, -0.2) is 44.5 Å². The molecule has 6 rings (SSSR count). The molecule has 1 fully saturated rings. The summed E-state index contributed by atoms with van der Waals surface area (Å²) in [5, 5.41) is 11.8. The molecule has 0 spiro atoms. The number of methoxy groups -OCH3 is 1. The van der Waals surface area contributed by atoms with E-state index in [1.165, 1.54) is 13.2 Å². The maximum atomic E-state index is 16.0. The van der Waals surface area contributed by atoms with Crippen molar-refractivity contribution in [2.75, 3.05) is 20.3 Å². The molecule has 1 atom stereocenters. The van der Waals surface area contributed by atoms with Gasteiger partial charge in [0.25, 0.3) is 0 Å². The third-order valence-electron chi connectivity index (χ3n) is 8.35. The van der Waals surface area contributed by atoms with Gasteiger partial charge in [0, 0.05) is 43.0 Å². The molecular weight excluding hydrogens is 526 g/mol. The lowest BCUT2D eigenvalue weighted by molar-refractivity contribution is 0.0547. The predicted octanol–water partition coefficient (Wildman–Crippen LogP) is 6.43. The lowest BCUT2D eigenvalue weighted by Crippen LogP contribution is -2.28. The lowest BCUT2D eigenvalue weighted by atomic mass is 9.86. The molecule has 0 amide bonds. The van der Waals surface area contributed by atoms with E-state index in [2.05, 4.69) is 15.6 Å². The van der Waals surface area contributed by atoms with Gasteiger partial charge in [0.05, 0.1) is 53.0 Å². The van der Waals surface area contributed by atoms with E-state index in [9.17, 15) is 5.11 Å². The van der Waals surface area contributed by atoms with Crippen molar-refractivity contribution in [2.45, 2.75) is 45.3 Å². The Hall–Kier alpha value is -3.82. The summed E-state index contributed by atoms with van der Waals surface area (Å²) >= 11 is 0. The van der Waals surface area contributed by atoms with Crippen LogP contribution < -0.4 is 4.74 Å². The molecule has 0 bridgehead atoms. The minimum absolute atomic E-state index is 0.0438. The zero-order chi connectivity index (χ0) is 29.1. The molecule has 3 aromatic heterocycles. The van der Waals surface area contributed by atoms with Crippen LogP contribution in [0.25, 0.3) is 33.2 Å². The summed E-state index contributed by atoms with van der Waals surface area (Å²) in [6, 6.07) is 10.4. The third-order valence-corrected chi connectivity index (χ3v) is 8.35. The molecule has 1 unspecified atom stereocenters. The van der Waals surface area contributed by atoms with Crippen molar-refractivity contribution in [3.05, 3.63) is 77.4 Å². The summed E-state index contributed by atoms with van der Waals surface area (Å²) in [6.45, 7) is 6.48. The molecule has 0 radical (unpaired) electrons. The Bertz CT molecular complexity index is 1740. The van der Waals surface area contributed by atoms with Crippen LogP contribution in [-0.2, 0) is 17.4 Å². The Labute approximate surface area is 237 Å². The van der Waals surface area contributed by atoms with E-state index < -0.39 is 23.3 Å². The number of ether oxygens (including phenoxy) is 2. The second-order valence-corrected chi connectivity index (χ2v) is 11.4. The molecule has 1 saturated heterocycles. The summed E-state index contributed by atoms with van der Waals surface area (Å²) in [6.07, 6.45) is 4.95. The van der Waals surface area contributed by atoms with Crippen molar-refractivity contribution in [2.24, 2.45) is 13.0 Å². The maximum Gasteiger partial charge on any atom is 0.200 e. The van der Waals surface area contributed by atoms with E-state index >= 15 is 8.78 Å². The summed E-state index contributed by atoms with van der Waals surface area (Å²) in [5.74, 6) is -2.12. The maximum absolute atomic E-state index is 16.0. The first kappa shape index (κ1) is 27.4. The lowest BCUT2D eigenvalue weighted by Gasteiger charge is -2.33. The fraction of sp³-hybridized carbons (Fsp3) is 0.375. The van der Waals surface area contributed by atoms with Gasteiger partial charge < -0.3 is 23.7 Å². The summed E-state index contributed by atoms with van der Waals surface area (Å²) < 4.78 is 46.0. The average molecular weight is 561 g/mol. The number of halogens is 2. The molecule has 0 aliphatic carbocycles. The number of rotatable bonds is 6. The normalized spacial score (nSPS) is 15.6. The average Bonchev–Trinajstić information content (AvgIpc) is 3.46. The Balaban J connectivity index is 1.72. The number of hydrogen-bond donors (Lipinski definition) is 1. The number of pyridine rings is 1. The first-order valence-electron chi connectivity index (χ1n) is 13.8. The highest BCUT2D eigenvalue weighted by atomic mass is 19.2. The Kier molecular flexibility index (Phi) is 6.82. The van der Waals surface area contributed by atoms with E-state index in [0.29, 0.717) is 31.6 Å². The van der Waals surface area contributed by atoms with Crippen LogP contribution >= 0.6 is 0 Å². The van der Waals surface area contributed by atoms with Crippen molar-refractivity contribution >= 4 is 21.9 Å². The molecule has 2 aromatic carbocycles. The van der Waals surface area contributed by atoms with Crippen LogP contribution in [0, 0.1) is 24.5 Å². The number of hydrogen-bond acceptors (Lipinski definition) is 5. The smallest absolute Gasteiger partial charge is 0.200 e. The van der Waals surface area contributed by atoms with Crippen molar-refractivity contribution in [3.8, 4) is 17.0 Å². The van der Waals surface area contributed by atoms with Crippen LogP contribution in [0.2, 0.25) is 0 Å².